The van der Waals surface area contributed by atoms with Crippen LogP contribution in [0.15, 0.2) is 12.1 Å². The number of hydrogen-bond donors (Lipinski definition) is 0. The van der Waals surface area contributed by atoms with Gasteiger partial charge >= 0.3 is 12.3 Å². The van der Waals surface area contributed by atoms with Gasteiger partial charge in [0.05, 0.1) is 24.7 Å². The molecule has 0 spiro atoms. The normalized spacial score (nSPS) is 10.8. The van der Waals surface area contributed by atoms with Crippen molar-refractivity contribution >= 4 is 5.97 Å². The zero-order valence-corrected chi connectivity index (χ0v) is 10.9. The minimum absolute atomic E-state index is 0.000162. The average Bonchev–Trinajstić information content (AvgIpc) is 2.32. The smallest absolute Gasteiger partial charge is 0.466 e. The number of benzene rings is 1. The fourth-order valence-electron chi connectivity index (χ4n) is 1.65. The van der Waals surface area contributed by atoms with Crippen molar-refractivity contribution in [3.63, 3.8) is 0 Å². The molecule has 0 radical (unpaired) electrons. The molecule has 20 heavy (non-hydrogen) atoms. The van der Waals surface area contributed by atoms with E-state index in [9.17, 15) is 18.0 Å². The largest absolute Gasteiger partial charge is 0.573 e. The molecule has 0 N–H and O–H groups in total. The molecule has 0 heterocycles. The number of carbonyl (C=O) groups excluding carboxylic acids is 1. The van der Waals surface area contributed by atoms with Gasteiger partial charge in [-0.3, -0.25) is 4.79 Å². The molecule has 0 aromatic heterocycles. The van der Waals surface area contributed by atoms with Gasteiger partial charge in [-0.05, 0) is 31.5 Å². The number of nitriles is 1. The molecule has 1 rings (SSSR count). The summed E-state index contributed by atoms with van der Waals surface area (Å²) in [5.41, 5.74) is 0.445. The van der Waals surface area contributed by atoms with Crippen LogP contribution in [0.4, 0.5) is 13.2 Å². The molecule has 4 nitrogen and oxygen atoms in total. The van der Waals surface area contributed by atoms with Crippen molar-refractivity contribution in [2.24, 2.45) is 0 Å². The van der Waals surface area contributed by atoms with Crippen LogP contribution >= 0.6 is 0 Å². The number of rotatable bonds is 4. The standard InChI is InChI=1S/C13H12F3NO3/c1-3-19-12(18)6-10-8(2)9(7-17)4-5-11(10)20-13(14,15)16/h4-5H,3,6H2,1-2H3. The maximum absolute atomic E-state index is 12.3. The first-order chi connectivity index (χ1) is 9.28. The van der Waals surface area contributed by atoms with E-state index < -0.39 is 18.1 Å². The summed E-state index contributed by atoms with van der Waals surface area (Å²) in [6, 6.07) is 4.08. The molecular formula is C13H12F3NO3. The molecule has 0 aliphatic rings. The van der Waals surface area contributed by atoms with Crippen molar-refractivity contribution in [1.82, 2.24) is 0 Å². The Hall–Kier alpha value is -2.23. The van der Waals surface area contributed by atoms with E-state index in [2.05, 4.69) is 4.74 Å². The van der Waals surface area contributed by atoms with E-state index in [1.54, 1.807) is 6.92 Å². The molecular weight excluding hydrogens is 275 g/mol. The van der Waals surface area contributed by atoms with E-state index in [1.165, 1.54) is 13.0 Å². The molecule has 0 aliphatic carbocycles. The molecule has 0 saturated heterocycles. The molecule has 108 valence electrons. The number of alkyl halides is 3. The van der Waals surface area contributed by atoms with Gasteiger partial charge < -0.3 is 9.47 Å². The molecule has 0 fully saturated rings. The predicted molar refractivity (Wildman–Crippen MR) is 62.9 cm³/mol. The number of ether oxygens (including phenoxy) is 2. The van der Waals surface area contributed by atoms with Gasteiger partial charge in [0.15, 0.2) is 0 Å². The van der Waals surface area contributed by atoms with Gasteiger partial charge in [0.25, 0.3) is 0 Å². The van der Waals surface area contributed by atoms with E-state index in [-0.39, 0.29) is 29.7 Å². The van der Waals surface area contributed by atoms with Crippen molar-refractivity contribution in [2.75, 3.05) is 6.61 Å². The predicted octanol–water partition coefficient (Wildman–Crippen LogP) is 2.87. The molecule has 0 atom stereocenters. The first kappa shape index (κ1) is 15.8. The summed E-state index contributed by atoms with van der Waals surface area (Å²) < 4.78 is 45.5. The minimum Gasteiger partial charge on any atom is -0.466 e. The van der Waals surface area contributed by atoms with Crippen LogP contribution in [0.25, 0.3) is 0 Å². The lowest BCUT2D eigenvalue weighted by atomic mass is 9.99. The lowest BCUT2D eigenvalue weighted by Gasteiger charge is -2.15. The lowest BCUT2D eigenvalue weighted by Crippen LogP contribution is -2.19. The number of esters is 1. The van der Waals surface area contributed by atoms with Gasteiger partial charge in [-0.2, -0.15) is 5.26 Å². The van der Waals surface area contributed by atoms with Crippen molar-refractivity contribution in [3.8, 4) is 11.8 Å². The summed E-state index contributed by atoms with van der Waals surface area (Å²) in [6.45, 7) is 3.16. The second-order valence-electron chi connectivity index (χ2n) is 3.86. The Morgan fingerprint density at radius 1 is 1.40 bits per heavy atom. The van der Waals surface area contributed by atoms with Gasteiger partial charge in [-0.25, -0.2) is 0 Å². The van der Waals surface area contributed by atoms with E-state index in [4.69, 9.17) is 10.00 Å². The molecule has 0 amide bonds. The second kappa shape index (κ2) is 6.28. The third kappa shape index (κ3) is 4.16. The monoisotopic (exact) mass is 287 g/mol. The molecule has 1 aromatic rings. The molecule has 0 saturated carbocycles. The zero-order chi connectivity index (χ0) is 15.3. The van der Waals surface area contributed by atoms with Crippen LogP contribution in [0.5, 0.6) is 5.75 Å². The van der Waals surface area contributed by atoms with Crippen LogP contribution in [0.1, 0.15) is 23.6 Å². The van der Waals surface area contributed by atoms with E-state index in [0.29, 0.717) is 0 Å². The van der Waals surface area contributed by atoms with Crippen LogP contribution in [-0.4, -0.2) is 18.9 Å². The van der Waals surface area contributed by atoms with E-state index in [0.717, 1.165) is 6.07 Å². The maximum atomic E-state index is 12.3. The van der Waals surface area contributed by atoms with Crippen molar-refractivity contribution in [2.45, 2.75) is 26.6 Å². The Morgan fingerprint density at radius 2 is 2.05 bits per heavy atom. The Balaban J connectivity index is 3.21. The topological polar surface area (TPSA) is 59.3 Å². The van der Waals surface area contributed by atoms with Crippen molar-refractivity contribution in [3.05, 3.63) is 28.8 Å². The van der Waals surface area contributed by atoms with Gasteiger partial charge in [0.2, 0.25) is 0 Å². The molecule has 0 aliphatic heterocycles. The van der Waals surface area contributed by atoms with Gasteiger partial charge in [0.1, 0.15) is 5.75 Å². The van der Waals surface area contributed by atoms with Crippen LogP contribution in [0, 0.1) is 18.3 Å². The SMILES string of the molecule is CCOC(=O)Cc1c(OC(F)(F)F)ccc(C#N)c1C. The van der Waals surface area contributed by atoms with Crippen LogP contribution in [0.3, 0.4) is 0 Å². The highest BCUT2D eigenvalue weighted by Gasteiger charge is 2.33. The van der Waals surface area contributed by atoms with Gasteiger partial charge in [-0.1, -0.05) is 0 Å². The third-order valence-electron chi connectivity index (χ3n) is 2.53. The number of nitrogens with zero attached hydrogens (tertiary/aromatic N) is 1. The summed E-state index contributed by atoms with van der Waals surface area (Å²) >= 11 is 0. The Bertz CT molecular complexity index is 547. The average molecular weight is 287 g/mol. The number of carbonyl (C=O) groups is 1. The van der Waals surface area contributed by atoms with Crippen LogP contribution < -0.4 is 4.74 Å². The quantitative estimate of drug-likeness (QED) is 0.799. The van der Waals surface area contributed by atoms with E-state index >= 15 is 0 Å². The summed E-state index contributed by atoms with van der Waals surface area (Å²) in [5, 5.41) is 8.87. The molecule has 7 heteroatoms. The fraction of sp³-hybridized carbons (Fsp3) is 0.385. The maximum Gasteiger partial charge on any atom is 0.573 e. The highest BCUT2D eigenvalue weighted by Crippen LogP contribution is 2.30. The van der Waals surface area contributed by atoms with Crippen molar-refractivity contribution < 1.29 is 27.4 Å². The minimum atomic E-state index is -4.87. The van der Waals surface area contributed by atoms with Crippen LogP contribution in [0.2, 0.25) is 0 Å². The summed E-state index contributed by atoms with van der Waals surface area (Å²) in [4.78, 5) is 11.4. The highest BCUT2D eigenvalue weighted by atomic mass is 19.4. The Kier molecular flexibility index (Phi) is 4.97. The van der Waals surface area contributed by atoms with Crippen molar-refractivity contribution in [1.29, 1.82) is 5.26 Å². The summed E-state index contributed by atoms with van der Waals surface area (Å²) in [7, 11) is 0. The third-order valence-corrected chi connectivity index (χ3v) is 2.53. The second-order valence-corrected chi connectivity index (χ2v) is 3.86. The number of hydrogen-bond acceptors (Lipinski definition) is 4. The van der Waals surface area contributed by atoms with E-state index in [1.807, 2.05) is 6.07 Å². The summed E-state index contributed by atoms with van der Waals surface area (Å²) in [5.74, 6) is -1.18. The molecule has 1 aromatic carbocycles. The molecule has 0 bridgehead atoms. The van der Waals surface area contributed by atoms with Crippen LogP contribution in [-0.2, 0) is 16.0 Å². The first-order valence-electron chi connectivity index (χ1n) is 5.72. The first-order valence-corrected chi connectivity index (χ1v) is 5.72. The number of halogens is 3. The summed E-state index contributed by atoms with van der Waals surface area (Å²) in [6.07, 6.45) is -5.26. The van der Waals surface area contributed by atoms with Gasteiger partial charge in [0, 0.05) is 5.56 Å². The molecule has 0 unspecified atom stereocenters. The highest BCUT2D eigenvalue weighted by molar-refractivity contribution is 5.74. The fourth-order valence-corrected chi connectivity index (χ4v) is 1.65. The zero-order valence-electron chi connectivity index (χ0n) is 10.9. The lowest BCUT2D eigenvalue weighted by molar-refractivity contribution is -0.275. The Morgan fingerprint density at radius 3 is 2.55 bits per heavy atom. The van der Waals surface area contributed by atoms with Gasteiger partial charge in [-0.15, -0.1) is 13.2 Å². The Labute approximate surface area is 113 Å².